The van der Waals surface area contributed by atoms with Gasteiger partial charge in [-0.3, -0.25) is 0 Å². The summed E-state index contributed by atoms with van der Waals surface area (Å²) in [6.07, 6.45) is 1.39. The van der Waals surface area contributed by atoms with Crippen molar-refractivity contribution in [2.75, 3.05) is 16.0 Å². The minimum Gasteiger partial charge on any atom is -0.350 e. The summed E-state index contributed by atoms with van der Waals surface area (Å²) in [4.78, 5) is 16.7. The Morgan fingerprint density at radius 1 is 0.742 bits per heavy atom. The van der Waals surface area contributed by atoms with Crippen LogP contribution in [0.5, 0.6) is 0 Å². The number of aryl methyl sites for hydroxylation is 1. The van der Waals surface area contributed by atoms with Gasteiger partial charge in [0.25, 0.3) is 0 Å². The molecule has 0 radical (unpaired) electrons. The zero-order chi connectivity index (χ0) is 21.6. The number of hydrogen-bond donors (Lipinski definition) is 3. The Morgan fingerprint density at radius 3 is 1.94 bits per heavy atom. The first-order valence-corrected chi connectivity index (χ1v) is 9.50. The minimum atomic E-state index is -0.560. The molecule has 9 heteroatoms. The van der Waals surface area contributed by atoms with Crippen molar-refractivity contribution in [3.05, 3.63) is 89.8 Å². The lowest BCUT2D eigenvalue weighted by Crippen LogP contribution is -2.10. The molecule has 0 aliphatic carbocycles. The second-order valence-corrected chi connectivity index (χ2v) is 6.77. The van der Waals surface area contributed by atoms with Crippen LogP contribution >= 0.6 is 0 Å². The molecule has 4 aromatic rings. The van der Waals surface area contributed by atoms with Crippen molar-refractivity contribution in [3.63, 3.8) is 0 Å². The first-order chi connectivity index (χ1) is 15.0. The van der Waals surface area contributed by atoms with Crippen LogP contribution in [0.2, 0.25) is 0 Å². The Labute approximate surface area is 177 Å². The Morgan fingerprint density at radius 2 is 1.32 bits per heavy atom. The van der Waals surface area contributed by atoms with Gasteiger partial charge in [-0.15, -0.1) is 0 Å². The van der Waals surface area contributed by atoms with E-state index >= 15 is 0 Å². The average molecular weight is 419 g/mol. The van der Waals surface area contributed by atoms with Crippen LogP contribution in [-0.4, -0.2) is 19.9 Å². The summed E-state index contributed by atoms with van der Waals surface area (Å²) in [5.41, 5.74) is 3.25. The maximum absolute atomic E-state index is 13.3. The van der Waals surface area contributed by atoms with Gasteiger partial charge in [-0.05, 0) is 61.0 Å². The summed E-state index contributed by atoms with van der Waals surface area (Å²) in [5, 5.41) is 9.24. The van der Waals surface area contributed by atoms with Crippen LogP contribution in [0.15, 0.2) is 66.9 Å². The molecule has 156 valence electrons. The molecule has 2 aromatic carbocycles. The quantitative estimate of drug-likeness (QED) is 0.365. The summed E-state index contributed by atoms with van der Waals surface area (Å²) in [6, 6.07) is 16.6. The van der Waals surface area contributed by atoms with E-state index < -0.39 is 5.95 Å². The van der Waals surface area contributed by atoms with Crippen molar-refractivity contribution in [1.82, 2.24) is 19.9 Å². The van der Waals surface area contributed by atoms with Crippen molar-refractivity contribution in [2.24, 2.45) is 0 Å². The van der Waals surface area contributed by atoms with Crippen LogP contribution < -0.4 is 16.0 Å². The van der Waals surface area contributed by atoms with Gasteiger partial charge in [0, 0.05) is 24.1 Å². The molecule has 0 unspecified atom stereocenters. The van der Waals surface area contributed by atoms with Crippen LogP contribution in [0.1, 0.15) is 11.1 Å². The second kappa shape index (κ2) is 9.12. The fourth-order valence-electron chi connectivity index (χ4n) is 2.73. The van der Waals surface area contributed by atoms with Crippen LogP contribution in [0.3, 0.4) is 0 Å². The summed E-state index contributed by atoms with van der Waals surface area (Å²) < 4.78 is 26.5. The molecule has 4 rings (SSSR count). The van der Waals surface area contributed by atoms with Gasteiger partial charge in [0.15, 0.2) is 0 Å². The van der Waals surface area contributed by atoms with E-state index in [1.54, 1.807) is 18.2 Å². The first-order valence-electron chi connectivity index (χ1n) is 9.50. The number of aromatic nitrogens is 4. The molecule has 31 heavy (non-hydrogen) atoms. The zero-order valence-electron chi connectivity index (χ0n) is 16.6. The van der Waals surface area contributed by atoms with E-state index in [0.717, 1.165) is 11.3 Å². The highest BCUT2D eigenvalue weighted by Gasteiger charge is 2.09. The van der Waals surface area contributed by atoms with Crippen molar-refractivity contribution in [3.8, 4) is 0 Å². The zero-order valence-corrected chi connectivity index (χ0v) is 16.6. The van der Waals surface area contributed by atoms with E-state index in [2.05, 4.69) is 35.9 Å². The highest BCUT2D eigenvalue weighted by Crippen LogP contribution is 2.19. The van der Waals surface area contributed by atoms with E-state index in [0.29, 0.717) is 23.7 Å². The van der Waals surface area contributed by atoms with Crippen molar-refractivity contribution in [1.29, 1.82) is 0 Å². The lowest BCUT2D eigenvalue weighted by Gasteiger charge is -2.12. The molecule has 0 saturated heterocycles. The van der Waals surface area contributed by atoms with E-state index in [-0.39, 0.29) is 17.7 Å². The third-order valence-corrected chi connectivity index (χ3v) is 4.29. The SMILES string of the molecule is Cc1ccc(Nc2nc(NCc3ccnc(F)c3)nc(Nc3ccc(F)cc3)n2)cc1. The summed E-state index contributed by atoms with van der Waals surface area (Å²) in [5.74, 6) is -0.0388. The normalized spacial score (nSPS) is 10.5. The van der Waals surface area contributed by atoms with Gasteiger partial charge in [-0.2, -0.15) is 19.3 Å². The van der Waals surface area contributed by atoms with Gasteiger partial charge in [0.1, 0.15) is 5.82 Å². The molecule has 0 amide bonds. The monoisotopic (exact) mass is 419 g/mol. The topological polar surface area (TPSA) is 87.7 Å². The molecule has 0 spiro atoms. The van der Waals surface area contributed by atoms with Gasteiger partial charge in [0.05, 0.1) is 0 Å². The minimum absolute atomic E-state index is 0.264. The Kier molecular flexibility index (Phi) is 5.93. The van der Waals surface area contributed by atoms with Crippen LogP contribution in [0, 0.1) is 18.7 Å². The molecule has 0 bridgehead atoms. The van der Waals surface area contributed by atoms with Gasteiger partial charge in [0.2, 0.25) is 23.8 Å². The molecule has 0 aliphatic heterocycles. The smallest absolute Gasteiger partial charge is 0.233 e. The Hall–Kier alpha value is -4.14. The van der Waals surface area contributed by atoms with Crippen molar-refractivity contribution in [2.45, 2.75) is 13.5 Å². The van der Waals surface area contributed by atoms with E-state index in [1.807, 2.05) is 31.2 Å². The van der Waals surface area contributed by atoms with Crippen molar-refractivity contribution < 1.29 is 8.78 Å². The molecule has 0 fully saturated rings. The number of benzene rings is 2. The maximum Gasteiger partial charge on any atom is 0.233 e. The molecule has 3 N–H and O–H groups in total. The lowest BCUT2D eigenvalue weighted by atomic mass is 10.2. The van der Waals surface area contributed by atoms with E-state index in [4.69, 9.17) is 0 Å². The summed E-state index contributed by atoms with van der Waals surface area (Å²) in [6.45, 7) is 2.30. The number of anilines is 5. The fraction of sp³-hybridized carbons (Fsp3) is 0.0909. The fourth-order valence-corrected chi connectivity index (χ4v) is 2.73. The summed E-state index contributed by atoms with van der Waals surface area (Å²) in [7, 11) is 0. The molecular weight excluding hydrogens is 400 g/mol. The lowest BCUT2D eigenvalue weighted by molar-refractivity contribution is 0.581. The second-order valence-electron chi connectivity index (χ2n) is 6.77. The molecule has 0 aliphatic rings. The number of rotatable bonds is 7. The maximum atomic E-state index is 13.3. The number of nitrogens with one attached hydrogen (secondary N) is 3. The standard InChI is InChI=1S/C22H19F2N7/c1-14-2-6-17(7-3-14)27-21-29-20(26-13-15-10-11-25-19(24)12-15)30-22(31-21)28-18-8-4-16(23)5-9-18/h2-12H,13H2,1H3,(H3,26,27,28,29,30,31). The predicted octanol–water partition coefficient (Wildman–Crippen LogP) is 4.95. The molecule has 0 saturated carbocycles. The van der Waals surface area contributed by atoms with Gasteiger partial charge in [-0.25, -0.2) is 9.37 Å². The molecule has 2 aromatic heterocycles. The third-order valence-electron chi connectivity index (χ3n) is 4.29. The predicted molar refractivity (Wildman–Crippen MR) is 115 cm³/mol. The summed E-state index contributed by atoms with van der Waals surface area (Å²) >= 11 is 0. The van der Waals surface area contributed by atoms with Crippen LogP contribution in [-0.2, 0) is 6.54 Å². The van der Waals surface area contributed by atoms with E-state index in [9.17, 15) is 8.78 Å². The number of halogens is 2. The van der Waals surface area contributed by atoms with Gasteiger partial charge in [-0.1, -0.05) is 17.7 Å². The molecule has 0 atom stereocenters. The number of hydrogen-bond acceptors (Lipinski definition) is 7. The largest absolute Gasteiger partial charge is 0.350 e. The molecular formula is C22H19F2N7. The van der Waals surface area contributed by atoms with Crippen LogP contribution in [0.25, 0.3) is 0 Å². The Bertz CT molecular complexity index is 1100. The van der Waals surface area contributed by atoms with Gasteiger partial charge < -0.3 is 16.0 Å². The molecule has 7 nitrogen and oxygen atoms in total. The highest BCUT2D eigenvalue weighted by molar-refractivity contribution is 5.59. The third kappa shape index (κ3) is 5.69. The van der Waals surface area contributed by atoms with E-state index in [1.165, 1.54) is 24.4 Å². The molecule has 2 heterocycles. The Balaban J connectivity index is 1.58. The van der Waals surface area contributed by atoms with Crippen LogP contribution in [0.4, 0.5) is 38.0 Å². The number of nitrogens with zero attached hydrogens (tertiary/aromatic N) is 4. The van der Waals surface area contributed by atoms with Gasteiger partial charge >= 0.3 is 0 Å². The average Bonchev–Trinajstić information content (AvgIpc) is 2.76. The first kappa shape index (κ1) is 20.1. The number of pyridine rings is 1. The highest BCUT2D eigenvalue weighted by atomic mass is 19.1. The van der Waals surface area contributed by atoms with Crippen molar-refractivity contribution >= 4 is 29.2 Å².